The monoisotopic (exact) mass is 263 g/mol. The normalized spacial score (nSPS) is 12.0. The number of nitrogens with two attached hydrogens (primary N) is 1. The van der Waals surface area contributed by atoms with Crippen LogP contribution in [0.5, 0.6) is 5.75 Å². The van der Waals surface area contributed by atoms with Crippen molar-refractivity contribution in [3.05, 3.63) is 35.9 Å². The third-order valence-electron chi connectivity index (χ3n) is 1.84. The molecule has 0 radical (unpaired) electrons. The van der Waals surface area contributed by atoms with Gasteiger partial charge in [-0.1, -0.05) is 12.2 Å². The number of hydrogen-bond donors (Lipinski definition) is 1. The number of primary sulfonamides is 1. The van der Waals surface area contributed by atoms with Gasteiger partial charge in [0.05, 0.1) is 0 Å². The molecule has 2 N–H and O–H groups in total. The number of rotatable bonds is 4. The smallest absolute Gasteiger partial charge is 0.241 e. The molecule has 0 aromatic heterocycles. The van der Waals surface area contributed by atoms with Crippen molar-refractivity contribution in [2.24, 2.45) is 5.14 Å². The SMILES string of the molecule is C/C=C/COc1c(F)cc(F)cc1S(N)(=O)=O. The van der Waals surface area contributed by atoms with Gasteiger partial charge in [0, 0.05) is 6.07 Å². The van der Waals surface area contributed by atoms with E-state index in [0.717, 1.165) is 0 Å². The number of sulfonamides is 1. The van der Waals surface area contributed by atoms with E-state index in [1.165, 1.54) is 6.08 Å². The van der Waals surface area contributed by atoms with E-state index in [1.807, 2.05) is 0 Å². The van der Waals surface area contributed by atoms with Gasteiger partial charge in [0.15, 0.2) is 11.6 Å². The first-order valence-corrected chi connectivity index (χ1v) is 6.16. The van der Waals surface area contributed by atoms with Crippen LogP contribution in [0.25, 0.3) is 0 Å². The molecule has 0 bridgehead atoms. The second-order valence-electron chi connectivity index (χ2n) is 3.14. The molecule has 0 unspecified atom stereocenters. The van der Waals surface area contributed by atoms with Crippen LogP contribution in [0.2, 0.25) is 0 Å². The summed E-state index contributed by atoms with van der Waals surface area (Å²) in [6.45, 7) is 1.67. The van der Waals surface area contributed by atoms with Gasteiger partial charge >= 0.3 is 0 Å². The Labute approximate surface area is 97.7 Å². The Hall–Kier alpha value is -1.47. The molecule has 0 heterocycles. The van der Waals surface area contributed by atoms with Crippen molar-refractivity contribution in [3.8, 4) is 5.75 Å². The van der Waals surface area contributed by atoms with Gasteiger partial charge < -0.3 is 4.74 Å². The molecule has 17 heavy (non-hydrogen) atoms. The maximum Gasteiger partial charge on any atom is 0.241 e. The molecule has 0 amide bonds. The van der Waals surface area contributed by atoms with Crippen LogP contribution in [0, 0.1) is 11.6 Å². The fourth-order valence-electron chi connectivity index (χ4n) is 1.12. The summed E-state index contributed by atoms with van der Waals surface area (Å²) in [6, 6.07) is 1.14. The molecule has 0 aliphatic rings. The van der Waals surface area contributed by atoms with Crippen LogP contribution < -0.4 is 9.88 Å². The molecule has 7 heteroatoms. The van der Waals surface area contributed by atoms with Gasteiger partial charge in [-0.2, -0.15) is 0 Å². The topological polar surface area (TPSA) is 69.4 Å². The van der Waals surface area contributed by atoms with Gasteiger partial charge in [0.25, 0.3) is 0 Å². The fourth-order valence-corrected chi connectivity index (χ4v) is 1.81. The van der Waals surface area contributed by atoms with E-state index < -0.39 is 32.3 Å². The number of hydrogen-bond acceptors (Lipinski definition) is 3. The van der Waals surface area contributed by atoms with E-state index in [4.69, 9.17) is 9.88 Å². The first-order valence-electron chi connectivity index (χ1n) is 4.62. The number of benzene rings is 1. The second-order valence-corrected chi connectivity index (χ2v) is 4.67. The number of allylic oxidation sites excluding steroid dienone is 1. The average molecular weight is 263 g/mol. The molecule has 0 spiro atoms. The molecule has 94 valence electrons. The molecular weight excluding hydrogens is 252 g/mol. The lowest BCUT2D eigenvalue weighted by molar-refractivity contribution is 0.329. The Kier molecular flexibility index (Phi) is 4.19. The highest BCUT2D eigenvalue weighted by Gasteiger charge is 2.20. The summed E-state index contributed by atoms with van der Waals surface area (Å²) < 4.78 is 53.4. The lowest BCUT2D eigenvalue weighted by atomic mass is 10.3. The average Bonchev–Trinajstić information content (AvgIpc) is 2.19. The summed E-state index contributed by atoms with van der Waals surface area (Å²) in [5.41, 5.74) is 0. The van der Waals surface area contributed by atoms with Crippen LogP contribution in [0.15, 0.2) is 29.2 Å². The molecule has 4 nitrogen and oxygen atoms in total. The summed E-state index contributed by atoms with van der Waals surface area (Å²) in [5, 5.41) is 4.84. The summed E-state index contributed by atoms with van der Waals surface area (Å²) in [6.07, 6.45) is 3.17. The Morgan fingerprint density at radius 2 is 2.06 bits per heavy atom. The highest BCUT2D eigenvalue weighted by Crippen LogP contribution is 2.27. The van der Waals surface area contributed by atoms with Gasteiger partial charge in [0.2, 0.25) is 10.0 Å². The molecule has 0 aliphatic carbocycles. The zero-order chi connectivity index (χ0) is 13.1. The maximum atomic E-state index is 13.4. The van der Waals surface area contributed by atoms with Crippen molar-refractivity contribution in [2.45, 2.75) is 11.8 Å². The highest BCUT2D eigenvalue weighted by atomic mass is 32.2. The zero-order valence-electron chi connectivity index (χ0n) is 8.98. The molecule has 1 aromatic carbocycles. The standard InChI is InChI=1S/C10H11F2NO3S/c1-2-3-4-16-10-8(12)5-7(11)6-9(10)17(13,14)15/h2-3,5-6H,4H2,1H3,(H2,13,14,15)/b3-2+. The summed E-state index contributed by atoms with van der Waals surface area (Å²) in [7, 11) is -4.24. The third-order valence-corrected chi connectivity index (χ3v) is 2.76. The lowest BCUT2D eigenvalue weighted by Gasteiger charge is -2.09. The highest BCUT2D eigenvalue weighted by molar-refractivity contribution is 7.89. The molecule has 0 aliphatic heterocycles. The molecule has 1 rings (SSSR count). The van der Waals surface area contributed by atoms with E-state index in [1.54, 1.807) is 13.0 Å². The minimum absolute atomic E-state index is 0.0401. The van der Waals surface area contributed by atoms with Crippen LogP contribution >= 0.6 is 0 Å². The van der Waals surface area contributed by atoms with Gasteiger partial charge in [-0.25, -0.2) is 22.3 Å². The van der Waals surface area contributed by atoms with E-state index in [9.17, 15) is 17.2 Å². The maximum absolute atomic E-state index is 13.4. The second kappa shape index (κ2) is 5.24. The minimum atomic E-state index is -4.24. The van der Waals surface area contributed by atoms with Crippen LogP contribution in [-0.4, -0.2) is 15.0 Å². The van der Waals surface area contributed by atoms with Gasteiger partial charge in [-0.15, -0.1) is 0 Å². The summed E-state index contributed by atoms with van der Waals surface area (Å²) >= 11 is 0. The van der Waals surface area contributed by atoms with Crippen LogP contribution in [0.1, 0.15) is 6.92 Å². The van der Waals surface area contributed by atoms with Gasteiger partial charge in [-0.3, -0.25) is 0 Å². The lowest BCUT2D eigenvalue weighted by Crippen LogP contribution is -2.15. The van der Waals surface area contributed by atoms with Crippen molar-refractivity contribution in [1.29, 1.82) is 0 Å². The van der Waals surface area contributed by atoms with Crippen molar-refractivity contribution in [1.82, 2.24) is 0 Å². The van der Waals surface area contributed by atoms with Crippen LogP contribution in [0.3, 0.4) is 0 Å². The Balaban J connectivity index is 3.26. The van der Waals surface area contributed by atoms with E-state index in [0.29, 0.717) is 12.1 Å². The molecule has 0 saturated carbocycles. The van der Waals surface area contributed by atoms with E-state index >= 15 is 0 Å². The zero-order valence-corrected chi connectivity index (χ0v) is 9.80. The van der Waals surface area contributed by atoms with Gasteiger partial charge in [0.1, 0.15) is 17.3 Å². The Morgan fingerprint density at radius 1 is 1.41 bits per heavy atom. The van der Waals surface area contributed by atoms with Crippen molar-refractivity contribution in [3.63, 3.8) is 0 Å². The largest absolute Gasteiger partial charge is 0.485 e. The first-order chi connectivity index (χ1) is 7.86. The number of ether oxygens (including phenoxy) is 1. The molecular formula is C10H11F2NO3S. The number of halogens is 2. The predicted octanol–water partition coefficient (Wildman–Crippen LogP) is 1.57. The fraction of sp³-hybridized carbons (Fsp3) is 0.200. The van der Waals surface area contributed by atoms with Crippen molar-refractivity contribution >= 4 is 10.0 Å². The molecule has 0 atom stereocenters. The third kappa shape index (κ3) is 3.50. The summed E-state index contributed by atoms with van der Waals surface area (Å²) in [4.78, 5) is -0.709. The van der Waals surface area contributed by atoms with Crippen molar-refractivity contribution < 1.29 is 21.9 Å². The Morgan fingerprint density at radius 3 is 2.59 bits per heavy atom. The Bertz CT molecular complexity index is 541. The van der Waals surface area contributed by atoms with Gasteiger partial charge in [-0.05, 0) is 13.0 Å². The van der Waals surface area contributed by atoms with Crippen LogP contribution in [0.4, 0.5) is 8.78 Å². The molecule has 0 saturated heterocycles. The quantitative estimate of drug-likeness (QED) is 0.838. The molecule has 0 fully saturated rings. The van der Waals surface area contributed by atoms with E-state index in [2.05, 4.69) is 0 Å². The van der Waals surface area contributed by atoms with E-state index in [-0.39, 0.29) is 6.61 Å². The summed E-state index contributed by atoms with van der Waals surface area (Å²) in [5.74, 6) is -2.73. The minimum Gasteiger partial charge on any atom is -0.485 e. The molecule has 1 aromatic rings. The first kappa shape index (κ1) is 13.6. The van der Waals surface area contributed by atoms with Crippen molar-refractivity contribution in [2.75, 3.05) is 6.61 Å². The predicted molar refractivity (Wildman–Crippen MR) is 58.0 cm³/mol. The van der Waals surface area contributed by atoms with Crippen LogP contribution in [-0.2, 0) is 10.0 Å².